The molecule has 0 amide bonds. The molecule has 3 rings (SSSR count). The monoisotopic (exact) mass is 305 g/mol. The number of benzene rings is 1. The minimum Gasteiger partial charge on any atom is -0.372 e. The van der Waals surface area contributed by atoms with Crippen LogP contribution >= 0.6 is 11.6 Å². The van der Waals surface area contributed by atoms with Crippen molar-refractivity contribution in [1.29, 1.82) is 0 Å². The lowest BCUT2D eigenvalue weighted by Gasteiger charge is -2.13. The summed E-state index contributed by atoms with van der Waals surface area (Å²) in [5, 5.41) is 8.11. The van der Waals surface area contributed by atoms with Crippen LogP contribution < -0.4 is 10.6 Å². The molecule has 0 spiro atoms. The maximum atomic E-state index is 6.04. The molecule has 2 aromatic rings. The molecule has 1 aliphatic heterocycles. The maximum Gasteiger partial charge on any atom is 0.225 e. The largest absolute Gasteiger partial charge is 0.372 e. The zero-order valence-corrected chi connectivity index (χ0v) is 13.1. The van der Waals surface area contributed by atoms with E-state index in [0.29, 0.717) is 16.9 Å². The fraction of sp³-hybridized carbons (Fsp3) is 0.467. The highest BCUT2D eigenvalue weighted by molar-refractivity contribution is 6.31. The van der Waals surface area contributed by atoms with E-state index in [4.69, 9.17) is 11.6 Å². The molecule has 0 bridgehead atoms. The highest BCUT2D eigenvalue weighted by Crippen LogP contribution is 2.25. The van der Waals surface area contributed by atoms with Crippen molar-refractivity contribution < 1.29 is 0 Å². The first-order chi connectivity index (χ1) is 10.2. The fourth-order valence-electron chi connectivity index (χ4n) is 2.80. The quantitative estimate of drug-likeness (QED) is 0.909. The number of rotatable bonds is 4. The summed E-state index contributed by atoms with van der Waals surface area (Å²) in [6.07, 6.45) is 1.23. The molecule has 1 fully saturated rings. The molecule has 1 saturated heterocycles. The van der Waals surface area contributed by atoms with Crippen LogP contribution in [0.5, 0.6) is 0 Å². The Labute approximate surface area is 129 Å². The van der Waals surface area contributed by atoms with Crippen molar-refractivity contribution in [3.8, 4) is 0 Å². The van der Waals surface area contributed by atoms with Crippen LogP contribution in [0.3, 0.4) is 0 Å². The predicted octanol–water partition coefficient (Wildman–Crippen LogP) is 2.69. The Morgan fingerprint density at radius 1 is 1.38 bits per heavy atom. The first-order valence-corrected chi connectivity index (χ1v) is 7.61. The third-order valence-corrected chi connectivity index (χ3v) is 4.17. The van der Waals surface area contributed by atoms with E-state index in [0.717, 1.165) is 29.8 Å². The van der Waals surface area contributed by atoms with Gasteiger partial charge in [0.1, 0.15) is 5.82 Å². The van der Waals surface area contributed by atoms with E-state index in [9.17, 15) is 0 Å². The number of hydrogen-bond acceptors (Lipinski definition) is 5. The molecule has 112 valence electrons. The van der Waals surface area contributed by atoms with Gasteiger partial charge in [-0.15, -0.1) is 0 Å². The van der Waals surface area contributed by atoms with Gasteiger partial charge in [-0.05, 0) is 44.1 Å². The molecule has 1 aromatic carbocycles. The highest BCUT2D eigenvalue weighted by Gasteiger charge is 2.19. The Balaban J connectivity index is 1.81. The van der Waals surface area contributed by atoms with Gasteiger partial charge in [0.15, 0.2) is 0 Å². The van der Waals surface area contributed by atoms with Gasteiger partial charge in [0.05, 0.1) is 5.52 Å². The van der Waals surface area contributed by atoms with Gasteiger partial charge in [-0.2, -0.15) is 4.98 Å². The Bertz CT molecular complexity index is 645. The van der Waals surface area contributed by atoms with Crippen LogP contribution in [0.1, 0.15) is 6.42 Å². The first kappa shape index (κ1) is 14.4. The van der Waals surface area contributed by atoms with Crippen molar-refractivity contribution in [3.63, 3.8) is 0 Å². The minimum atomic E-state index is 0.664. The van der Waals surface area contributed by atoms with Gasteiger partial charge in [0, 0.05) is 30.5 Å². The van der Waals surface area contributed by atoms with Gasteiger partial charge in [-0.25, -0.2) is 4.98 Å². The molecule has 0 aliphatic carbocycles. The molecule has 0 radical (unpaired) electrons. The molecule has 2 heterocycles. The lowest BCUT2D eigenvalue weighted by atomic mass is 10.1. The van der Waals surface area contributed by atoms with Crippen molar-refractivity contribution in [3.05, 3.63) is 23.2 Å². The molecule has 1 unspecified atom stereocenters. The molecule has 2 N–H and O–H groups in total. The summed E-state index contributed by atoms with van der Waals surface area (Å²) in [4.78, 5) is 11.5. The zero-order chi connectivity index (χ0) is 14.8. The predicted molar refractivity (Wildman–Crippen MR) is 88.2 cm³/mol. The SMILES string of the molecule is CNc1nc(NCC2CCN(C)C2)nc2ccc(Cl)cc12. The van der Waals surface area contributed by atoms with E-state index in [-0.39, 0.29) is 0 Å². The standard InChI is InChI=1S/C15H20ClN5/c1-17-14-12-7-11(16)3-4-13(12)19-15(20-14)18-8-10-5-6-21(2)9-10/h3-4,7,10H,5-6,8-9H2,1-2H3,(H2,17,18,19,20). The van der Waals surface area contributed by atoms with E-state index in [1.165, 1.54) is 13.0 Å². The molecular formula is C15H20ClN5. The average molecular weight is 306 g/mol. The Morgan fingerprint density at radius 3 is 2.95 bits per heavy atom. The lowest BCUT2D eigenvalue weighted by molar-refractivity contribution is 0.399. The normalized spacial score (nSPS) is 19.1. The van der Waals surface area contributed by atoms with E-state index in [1.54, 1.807) is 0 Å². The van der Waals surface area contributed by atoms with Crippen LogP contribution in [0, 0.1) is 5.92 Å². The number of nitrogens with one attached hydrogen (secondary N) is 2. The third-order valence-electron chi connectivity index (χ3n) is 3.93. The molecule has 5 nitrogen and oxygen atoms in total. The molecule has 21 heavy (non-hydrogen) atoms. The summed E-state index contributed by atoms with van der Waals surface area (Å²) in [5.41, 5.74) is 0.893. The van der Waals surface area contributed by atoms with Gasteiger partial charge in [-0.1, -0.05) is 11.6 Å². The van der Waals surface area contributed by atoms with Gasteiger partial charge in [0.2, 0.25) is 5.95 Å². The number of halogens is 1. The van der Waals surface area contributed by atoms with Gasteiger partial charge >= 0.3 is 0 Å². The van der Waals surface area contributed by atoms with Crippen molar-refractivity contribution >= 4 is 34.3 Å². The summed E-state index contributed by atoms with van der Waals surface area (Å²) >= 11 is 6.04. The molecule has 0 saturated carbocycles. The van der Waals surface area contributed by atoms with E-state index in [1.807, 2.05) is 25.2 Å². The minimum absolute atomic E-state index is 0.664. The molecular weight excluding hydrogens is 286 g/mol. The number of aromatic nitrogens is 2. The Kier molecular flexibility index (Phi) is 4.12. The van der Waals surface area contributed by atoms with Gasteiger partial charge in [0.25, 0.3) is 0 Å². The number of hydrogen-bond donors (Lipinski definition) is 2. The third kappa shape index (κ3) is 3.19. The number of nitrogens with zero attached hydrogens (tertiary/aromatic N) is 3. The second-order valence-electron chi connectivity index (χ2n) is 5.61. The number of fused-ring (bicyclic) bond motifs is 1. The van der Waals surface area contributed by atoms with Gasteiger partial charge in [-0.3, -0.25) is 0 Å². The molecule has 1 aromatic heterocycles. The topological polar surface area (TPSA) is 53.1 Å². The van der Waals surface area contributed by atoms with E-state index in [2.05, 4.69) is 32.5 Å². The highest BCUT2D eigenvalue weighted by atomic mass is 35.5. The smallest absolute Gasteiger partial charge is 0.225 e. The molecule has 1 atom stereocenters. The number of likely N-dealkylation sites (tertiary alicyclic amines) is 1. The summed E-state index contributed by atoms with van der Waals surface area (Å²) in [6.45, 7) is 3.22. The van der Waals surface area contributed by atoms with E-state index >= 15 is 0 Å². The van der Waals surface area contributed by atoms with Crippen LogP contribution in [-0.2, 0) is 0 Å². The average Bonchev–Trinajstić information content (AvgIpc) is 2.90. The second kappa shape index (κ2) is 6.03. The Hall–Kier alpha value is -1.59. The van der Waals surface area contributed by atoms with Crippen LogP contribution in [0.25, 0.3) is 10.9 Å². The maximum absolute atomic E-state index is 6.04. The fourth-order valence-corrected chi connectivity index (χ4v) is 2.97. The summed E-state index contributed by atoms with van der Waals surface area (Å²) < 4.78 is 0. The van der Waals surface area contributed by atoms with Crippen LogP contribution in [0.4, 0.5) is 11.8 Å². The summed E-state index contributed by atoms with van der Waals surface area (Å²) in [6, 6.07) is 5.67. The summed E-state index contributed by atoms with van der Waals surface area (Å²) in [5.74, 6) is 2.13. The molecule has 1 aliphatic rings. The van der Waals surface area contributed by atoms with Crippen molar-refractivity contribution in [1.82, 2.24) is 14.9 Å². The van der Waals surface area contributed by atoms with Gasteiger partial charge < -0.3 is 15.5 Å². The first-order valence-electron chi connectivity index (χ1n) is 7.23. The lowest BCUT2D eigenvalue weighted by Crippen LogP contribution is -2.20. The molecule has 6 heteroatoms. The van der Waals surface area contributed by atoms with Crippen molar-refractivity contribution in [2.24, 2.45) is 5.92 Å². The second-order valence-corrected chi connectivity index (χ2v) is 6.04. The zero-order valence-electron chi connectivity index (χ0n) is 12.4. The van der Waals surface area contributed by atoms with Crippen molar-refractivity contribution in [2.45, 2.75) is 6.42 Å². The number of anilines is 2. The van der Waals surface area contributed by atoms with Crippen LogP contribution in [-0.4, -0.2) is 48.6 Å². The summed E-state index contributed by atoms with van der Waals surface area (Å²) in [7, 11) is 4.02. The van der Waals surface area contributed by atoms with Crippen LogP contribution in [0.2, 0.25) is 5.02 Å². The van der Waals surface area contributed by atoms with Crippen LogP contribution in [0.15, 0.2) is 18.2 Å². The Morgan fingerprint density at radius 2 is 2.24 bits per heavy atom. The van der Waals surface area contributed by atoms with Crippen molar-refractivity contribution in [2.75, 3.05) is 44.4 Å². The van der Waals surface area contributed by atoms with E-state index < -0.39 is 0 Å².